The Balaban J connectivity index is 2.46. The average Bonchev–Trinajstić information content (AvgIpc) is 2.83. The minimum absolute atomic E-state index is 0.116. The maximum atomic E-state index is 12.3. The molecule has 0 spiro atoms. The van der Waals surface area contributed by atoms with Gasteiger partial charge >= 0.3 is 6.18 Å². The van der Waals surface area contributed by atoms with E-state index in [9.17, 15) is 18.0 Å². The molecule has 2 nitrogen and oxygen atoms in total. The first-order valence-electron chi connectivity index (χ1n) is 4.28. The van der Waals surface area contributed by atoms with Crippen LogP contribution in [0.5, 0.6) is 0 Å². The molecule has 2 rings (SSSR count). The van der Waals surface area contributed by atoms with E-state index < -0.39 is 17.3 Å². The van der Waals surface area contributed by atoms with Gasteiger partial charge in [0, 0.05) is 11.8 Å². The molecule has 0 saturated heterocycles. The van der Waals surface area contributed by atoms with Crippen LogP contribution in [0, 0.1) is 0 Å². The van der Waals surface area contributed by atoms with Crippen molar-refractivity contribution in [3.05, 3.63) is 33.7 Å². The topological polar surface area (TPSA) is 32.9 Å². The van der Waals surface area contributed by atoms with Crippen LogP contribution in [0.1, 0.15) is 30.0 Å². The zero-order valence-corrected chi connectivity index (χ0v) is 7.19. The van der Waals surface area contributed by atoms with E-state index in [0.717, 1.165) is 18.9 Å². The zero-order chi connectivity index (χ0) is 10.3. The number of pyridine rings is 1. The molecule has 0 amide bonds. The number of nitrogens with one attached hydrogen (secondary N) is 1. The van der Waals surface area contributed by atoms with E-state index in [0.29, 0.717) is 11.8 Å². The third-order valence-electron chi connectivity index (χ3n) is 2.21. The van der Waals surface area contributed by atoms with Crippen LogP contribution in [0.2, 0.25) is 0 Å². The van der Waals surface area contributed by atoms with Crippen LogP contribution in [0.4, 0.5) is 13.2 Å². The van der Waals surface area contributed by atoms with Gasteiger partial charge in [-0.3, -0.25) is 4.79 Å². The van der Waals surface area contributed by atoms with Crippen LogP contribution >= 0.6 is 0 Å². The van der Waals surface area contributed by atoms with Crippen molar-refractivity contribution in [3.63, 3.8) is 0 Å². The van der Waals surface area contributed by atoms with E-state index in [2.05, 4.69) is 4.98 Å². The van der Waals surface area contributed by atoms with Crippen molar-refractivity contribution in [1.82, 2.24) is 4.98 Å². The highest BCUT2D eigenvalue weighted by Crippen LogP contribution is 2.40. The number of aromatic amines is 1. The van der Waals surface area contributed by atoms with Crippen molar-refractivity contribution in [1.29, 1.82) is 0 Å². The molecule has 1 aromatic heterocycles. The van der Waals surface area contributed by atoms with E-state index in [1.807, 2.05) is 0 Å². The summed E-state index contributed by atoms with van der Waals surface area (Å²) in [4.78, 5) is 13.4. The van der Waals surface area contributed by atoms with E-state index in [-0.39, 0.29) is 5.92 Å². The lowest BCUT2D eigenvalue weighted by atomic mass is 10.2. The highest BCUT2D eigenvalue weighted by molar-refractivity contribution is 5.24. The molecule has 0 bridgehead atoms. The molecule has 1 aliphatic rings. The van der Waals surface area contributed by atoms with Gasteiger partial charge in [-0.15, -0.1) is 0 Å². The molecule has 14 heavy (non-hydrogen) atoms. The first-order chi connectivity index (χ1) is 6.47. The monoisotopic (exact) mass is 203 g/mol. The summed E-state index contributed by atoms with van der Waals surface area (Å²) >= 11 is 0. The second kappa shape index (κ2) is 2.87. The number of H-pyrrole nitrogens is 1. The van der Waals surface area contributed by atoms with Gasteiger partial charge in [0.15, 0.2) is 0 Å². The second-order valence-electron chi connectivity index (χ2n) is 3.46. The van der Waals surface area contributed by atoms with Gasteiger partial charge in [0.25, 0.3) is 0 Å². The Hall–Kier alpha value is -1.26. The first-order valence-corrected chi connectivity index (χ1v) is 4.28. The second-order valence-corrected chi connectivity index (χ2v) is 3.46. The largest absolute Gasteiger partial charge is 0.416 e. The fraction of sp³-hybridized carbons (Fsp3) is 0.444. The number of rotatable bonds is 1. The van der Waals surface area contributed by atoms with Gasteiger partial charge in [0.2, 0.25) is 5.56 Å². The number of hydrogen-bond acceptors (Lipinski definition) is 1. The van der Waals surface area contributed by atoms with Crippen LogP contribution in [0.3, 0.4) is 0 Å². The molecule has 0 radical (unpaired) electrons. The molecule has 0 atom stereocenters. The van der Waals surface area contributed by atoms with Crippen LogP contribution in [0.25, 0.3) is 0 Å². The lowest BCUT2D eigenvalue weighted by Gasteiger charge is -2.07. The van der Waals surface area contributed by atoms with E-state index >= 15 is 0 Å². The Labute approximate surface area is 77.8 Å². The Morgan fingerprint density at radius 3 is 2.43 bits per heavy atom. The van der Waals surface area contributed by atoms with Crippen molar-refractivity contribution >= 4 is 0 Å². The highest BCUT2D eigenvalue weighted by Gasteiger charge is 2.33. The molecule has 1 heterocycles. The Bertz CT molecular complexity index is 403. The van der Waals surface area contributed by atoms with Gasteiger partial charge in [-0.2, -0.15) is 13.2 Å². The van der Waals surface area contributed by atoms with Crippen molar-refractivity contribution in [3.8, 4) is 0 Å². The summed E-state index contributed by atoms with van der Waals surface area (Å²) in [5.41, 5.74) is -1.13. The Morgan fingerprint density at radius 2 is 1.93 bits per heavy atom. The lowest BCUT2D eigenvalue weighted by molar-refractivity contribution is -0.137. The quantitative estimate of drug-likeness (QED) is 0.746. The van der Waals surface area contributed by atoms with E-state index in [4.69, 9.17) is 0 Å². The molecule has 0 unspecified atom stereocenters. The summed E-state index contributed by atoms with van der Waals surface area (Å²) in [6, 6.07) is 1.62. The van der Waals surface area contributed by atoms with Crippen LogP contribution in [0.15, 0.2) is 16.9 Å². The van der Waals surface area contributed by atoms with Gasteiger partial charge in [0.1, 0.15) is 0 Å². The standard InChI is InChI=1S/C9H8F3NO/c10-9(11,12)6-3-7(5-1-2-5)13-8(14)4-6/h3-5H,1-2H2,(H,13,14). The van der Waals surface area contributed by atoms with Gasteiger partial charge < -0.3 is 4.98 Å². The summed E-state index contributed by atoms with van der Waals surface area (Å²) in [6.45, 7) is 0. The summed E-state index contributed by atoms with van der Waals surface area (Å²) in [6.07, 6.45) is -2.72. The van der Waals surface area contributed by atoms with E-state index in [1.165, 1.54) is 0 Å². The fourth-order valence-electron chi connectivity index (χ4n) is 1.34. The minimum atomic E-state index is -4.43. The van der Waals surface area contributed by atoms with Gasteiger partial charge in [-0.25, -0.2) is 0 Å². The molecule has 0 aliphatic heterocycles. The molecular formula is C9H8F3NO. The SMILES string of the molecule is O=c1cc(C(F)(F)F)cc(C2CC2)[nH]1. The summed E-state index contributed by atoms with van der Waals surface area (Å²) in [7, 11) is 0. The molecule has 0 aromatic carbocycles. The first kappa shape index (κ1) is 9.30. The molecule has 1 fully saturated rings. The number of aromatic nitrogens is 1. The average molecular weight is 203 g/mol. The lowest BCUT2D eigenvalue weighted by Crippen LogP contribution is -2.14. The smallest absolute Gasteiger partial charge is 0.326 e. The number of alkyl halides is 3. The maximum Gasteiger partial charge on any atom is 0.416 e. The number of halogens is 3. The molecule has 76 valence electrons. The maximum absolute atomic E-state index is 12.3. The normalized spacial score (nSPS) is 17.1. The molecular weight excluding hydrogens is 195 g/mol. The zero-order valence-electron chi connectivity index (χ0n) is 7.19. The molecule has 1 aliphatic carbocycles. The molecule has 1 aromatic rings. The van der Waals surface area contributed by atoms with Crippen LogP contribution in [-0.4, -0.2) is 4.98 Å². The van der Waals surface area contributed by atoms with Gasteiger partial charge in [-0.1, -0.05) is 0 Å². The number of hydrogen-bond donors (Lipinski definition) is 1. The van der Waals surface area contributed by atoms with Crippen molar-refractivity contribution in [2.24, 2.45) is 0 Å². The summed E-state index contributed by atoms with van der Waals surface area (Å²) in [5.74, 6) is 0.116. The minimum Gasteiger partial charge on any atom is -0.326 e. The Kier molecular flexibility index (Phi) is 1.90. The van der Waals surface area contributed by atoms with Crippen molar-refractivity contribution < 1.29 is 13.2 Å². The van der Waals surface area contributed by atoms with Crippen molar-refractivity contribution in [2.75, 3.05) is 0 Å². The molecule has 1 saturated carbocycles. The van der Waals surface area contributed by atoms with Gasteiger partial charge in [-0.05, 0) is 24.8 Å². The predicted molar refractivity (Wildman–Crippen MR) is 44.0 cm³/mol. The third-order valence-corrected chi connectivity index (χ3v) is 2.21. The van der Waals surface area contributed by atoms with E-state index in [1.54, 1.807) is 0 Å². The Morgan fingerprint density at radius 1 is 1.29 bits per heavy atom. The third kappa shape index (κ3) is 1.81. The predicted octanol–water partition coefficient (Wildman–Crippen LogP) is 2.27. The van der Waals surface area contributed by atoms with Crippen LogP contribution in [-0.2, 0) is 6.18 Å². The summed E-state index contributed by atoms with van der Waals surface area (Å²) in [5, 5.41) is 0. The molecule has 1 N–H and O–H groups in total. The van der Waals surface area contributed by atoms with Crippen molar-refractivity contribution in [2.45, 2.75) is 24.9 Å². The highest BCUT2D eigenvalue weighted by atomic mass is 19.4. The fourth-order valence-corrected chi connectivity index (χ4v) is 1.34. The van der Waals surface area contributed by atoms with Gasteiger partial charge in [0.05, 0.1) is 5.56 Å². The summed E-state index contributed by atoms with van der Waals surface area (Å²) < 4.78 is 36.8. The van der Waals surface area contributed by atoms with Crippen LogP contribution < -0.4 is 5.56 Å². The molecule has 5 heteroatoms.